The summed E-state index contributed by atoms with van der Waals surface area (Å²) in [5, 5.41) is 18.3. The Labute approximate surface area is 100 Å². The van der Waals surface area contributed by atoms with Crippen molar-refractivity contribution in [3.05, 3.63) is 32.1 Å². The van der Waals surface area contributed by atoms with Crippen LogP contribution in [0.5, 0.6) is 0 Å². The fourth-order valence-electron chi connectivity index (χ4n) is 1.72. The summed E-state index contributed by atoms with van der Waals surface area (Å²) >= 11 is 5.60. The van der Waals surface area contributed by atoms with Gasteiger partial charge >= 0.3 is 5.69 Å². The third-order valence-corrected chi connectivity index (χ3v) is 2.89. The van der Waals surface area contributed by atoms with Gasteiger partial charge in [-0.25, -0.2) is 4.79 Å². The molecule has 0 aliphatic carbocycles. The number of aliphatic hydroxyl groups is 2. The lowest BCUT2D eigenvalue weighted by molar-refractivity contribution is -0.0459. The van der Waals surface area contributed by atoms with Crippen LogP contribution in [0.25, 0.3) is 0 Å². The smallest absolute Gasteiger partial charge is 0.330 e. The van der Waals surface area contributed by atoms with Crippen molar-refractivity contribution >= 4 is 11.6 Å². The van der Waals surface area contributed by atoms with Crippen molar-refractivity contribution in [1.29, 1.82) is 0 Å². The number of hydrogen-bond donors (Lipinski definition) is 3. The predicted molar refractivity (Wildman–Crippen MR) is 58.0 cm³/mol. The molecule has 8 heteroatoms. The monoisotopic (exact) mass is 262 g/mol. The van der Waals surface area contributed by atoms with Gasteiger partial charge in [-0.1, -0.05) is 11.6 Å². The zero-order valence-corrected chi connectivity index (χ0v) is 9.42. The largest absolute Gasteiger partial charge is 0.394 e. The molecule has 2 rings (SSSR count). The second kappa shape index (κ2) is 4.61. The maximum Gasteiger partial charge on any atom is 0.330 e. The Morgan fingerprint density at radius 2 is 2.29 bits per heavy atom. The van der Waals surface area contributed by atoms with E-state index in [1.165, 1.54) is 0 Å². The molecule has 1 aromatic heterocycles. The number of nitrogens with one attached hydrogen (secondary N) is 1. The van der Waals surface area contributed by atoms with Gasteiger partial charge in [0.05, 0.1) is 12.7 Å². The van der Waals surface area contributed by atoms with Gasteiger partial charge < -0.3 is 14.9 Å². The van der Waals surface area contributed by atoms with Crippen molar-refractivity contribution in [2.75, 3.05) is 6.61 Å². The number of H-pyrrole nitrogens is 1. The van der Waals surface area contributed by atoms with Crippen molar-refractivity contribution in [3.8, 4) is 0 Å². The Balaban J connectivity index is 2.34. The molecule has 0 radical (unpaired) electrons. The van der Waals surface area contributed by atoms with E-state index in [-0.39, 0.29) is 18.1 Å². The molecule has 17 heavy (non-hydrogen) atoms. The highest BCUT2D eigenvalue weighted by Crippen LogP contribution is 2.27. The first-order valence-electron chi connectivity index (χ1n) is 4.98. The van der Waals surface area contributed by atoms with E-state index in [0.717, 1.165) is 10.8 Å². The molecule has 1 saturated heterocycles. The third-order valence-electron chi connectivity index (χ3n) is 2.62. The first kappa shape index (κ1) is 12.3. The molecule has 2 heterocycles. The van der Waals surface area contributed by atoms with Gasteiger partial charge in [-0.05, 0) is 0 Å². The Kier molecular flexibility index (Phi) is 3.34. The van der Waals surface area contributed by atoms with Crippen LogP contribution in [0.2, 0.25) is 5.02 Å². The molecule has 0 aromatic carbocycles. The fraction of sp³-hybridized carbons (Fsp3) is 0.556. The molecule has 3 N–H and O–H groups in total. The Bertz CT molecular complexity index is 525. The van der Waals surface area contributed by atoms with Crippen molar-refractivity contribution in [2.24, 2.45) is 0 Å². The van der Waals surface area contributed by atoms with Crippen molar-refractivity contribution in [3.63, 3.8) is 0 Å². The fourth-order valence-corrected chi connectivity index (χ4v) is 1.88. The topological polar surface area (TPSA) is 105 Å². The van der Waals surface area contributed by atoms with Crippen LogP contribution in [0, 0.1) is 0 Å². The third kappa shape index (κ3) is 2.27. The van der Waals surface area contributed by atoms with E-state index in [4.69, 9.17) is 21.4 Å². The summed E-state index contributed by atoms with van der Waals surface area (Å²) in [5.74, 6) is 0. The lowest BCUT2D eigenvalue weighted by atomic mass is 10.2. The van der Waals surface area contributed by atoms with E-state index in [1.807, 2.05) is 4.98 Å². The standard InChI is InChI=1S/C9H11ClN2O5/c10-4-2-12(9(16)11-8(4)15)7-1-5(14)6(3-13)17-7/h2,5-7,13-14H,1,3H2,(H,11,15,16)/t5-,6?,7+/m0/s1. The van der Waals surface area contributed by atoms with E-state index in [9.17, 15) is 14.7 Å². The molecule has 3 atom stereocenters. The minimum atomic E-state index is -0.859. The molecular formula is C9H11ClN2O5. The SMILES string of the molecule is O=c1[nH]c(=O)n([C@H]2C[C@H](O)C(CO)O2)cc1Cl. The molecule has 7 nitrogen and oxygen atoms in total. The Hall–Kier alpha value is -1.15. The summed E-state index contributed by atoms with van der Waals surface area (Å²) in [6.45, 7) is -0.344. The van der Waals surface area contributed by atoms with Crippen LogP contribution >= 0.6 is 11.6 Å². The second-order valence-electron chi connectivity index (χ2n) is 3.76. The zero-order valence-electron chi connectivity index (χ0n) is 8.67. The van der Waals surface area contributed by atoms with E-state index in [1.54, 1.807) is 0 Å². The van der Waals surface area contributed by atoms with Gasteiger partial charge in [-0.3, -0.25) is 14.3 Å². The van der Waals surface area contributed by atoms with Gasteiger partial charge in [-0.15, -0.1) is 0 Å². The number of aliphatic hydroxyl groups excluding tert-OH is 2. The van der Waals surface area contributed by atoms with Crippen LogP contribution in [0.3, 0.4) is 0 Å². The van der Waals surface area contributed by atoms with Crippen LogP contribution in [0.1, 0.15) is 12.6 Å². The van der Waals surface area contributed by atoms with Gasteiger partial charge in [0, 0.05) is 12.6 Å². The summed E-state index contributed by atoms with van der Waals surface area (Å²) in [5.41, 5.74) is -1.35. The Morgan fingerprint density at radius 3 is 2.88 bits per heavy atom. The molecule has 1 aliphatic heterocycles. The normalized spacial score (nSPS) is 28.5. The van der Waals surface area contributed by atoms with E-state index in [2.05, 4.69) is 0 Å². The molecule has 1 aromatic rings. The number of ether oxygens (including phenoxy) is 1. The molecule has 1 unspecified atom stereocenters. The van der Waals surface area contributed by atoms with Crippen molar-refractivity contribution in [2.45, 2.75) is 24.9 Å². The first-order chi connectivity index (χ1) is 8.02. The summed E-state index contributed by atoms with van der Waals surface area (Å²) in [7, 11) is 0. The zero-order chi connectivity index (χ0) is 12.6. The number of hydrogen-bond acceptors (Lipinski definition) is 5. The van der Waals surface area contributed by atoms with Crippen LogP contribution in [-0.4, -0.2) is 38.6 Å². The van der Waals surface area contributed by atoms with Gasteiger partial charge in [0.25, 0.3) is 5.56 Å². The predicted octanol–water partition coefficient (Wildman–Crippen LogP) is -1.17. The number of rotatable bonds is 2. The lowest BCUT2D eigenvalue weighted by Gasteiger charge is -2.14. The molecule has 1 aliphatic rings. The van der Waals surface area contributed by atoms with Crippen LogP contribution < -0.4 is 11.2 Å². The quantitative estimate of drug-likeness (QED) is 0.623. The van der Waals surface area contributed by atoms with Crippen molar-refractivity contribution < 1.29 is 14.9 Å². The Morgan fingerprint density at radius 1 is 1.59 bits per heavy atom. The minimum absolute atomic E-state index is 0.143. The summed E-state index contributed by atoms with van der Waals surface area (Å²) < 4.78 is 6.35. The first-order valence-corrected chi connectivity index (χ1v) is 5.36. The molecular weight excluding hydrogens is 252 g/mol. The number of nitrogens with zero attached hydrogens (tertiary/aromatic N) is 1. The number of aromatic nitrogens is 2. The number of halogens is 1. The van der Waals surface area contributed by atoms with Gasteiger partial charge in [0.15, 0.2) is 0 Å². The van der Waals surface area contributed by atoms with E-state index < -0.39 is 29.7 Å². The van der Waals surface area contributed by atoms with Gasteiger partial charge in [0.2, 0.25) is 0 Å². The number of aromatic amines is 1. The highest BCUT2D eigenvalue weighted by atomic mass is 35.5. The molecule has 0 amide bonds. The highest BCUT2D eigenvalue weighted by molar-refractivity contribution is 6.30. The van der Waals surface area contributed by atoms with Gasteiger partial charge in [0.1, 0.15) is 17.4 Å². The molecule has 0 saturated carbocycles. The molecule has 0 bridgehead atoms. The van der Waals surface area contributed by atoms with E-state index >= 15 is 0 Å². The van der Waals surface area contributed by atoms with Crippen LogP contribution in [0.4, 0.5) is 0 Å². The molecule has 0 spiro atoms. The molecule has 1 fully saturated rings. The summed E-state index contributed by atoms with van der Waals surface area (Å²) in [6, 6.07) is 0. The maximum absolute atomic E-state index is 11.5. The minimum Gasteiger partial charge on any atom is -0.394 e. The van der Waals surface area contributed by atoms with Gasteiger partial charge in [-0.2, -0.15) is 0 Å². The van der Waals surface area contributed by atoms with Crippen LogP contribution in [0.15, 0.2) is 15.8 Å². The highest BCUT2D eigenvalue weighted by Gasteiger charge is 2.35. The summed E-state index contributed by atoms with van der Waals surface area (Å²) in [4.78, 5) is 24.6. The van der Waals surface area contributed by atoms with Crippen LogP contribution in [-0.2, 0) is 4.74 Å². The maximum atomic E-state index is 11.5. The molecule has 94 valence electrons. The lowest BCUT2D eigenvalue weighted by Crippen LogP contribution is -2.32. The van der Waals surface area contributed by atoms with Crippen molar-refractivity contribution in [1.82, 2.24) is 9.55 Å². The average Bonchev–Trinajstić information content (AvgIpc) is 2.65. The second-order valence-corrected chi connectivity index (χ2v) is 4.17. The summed E-state index contributed by atoms with van der Waals surface area (Å²) in [6.07, 6.45) is -1.04. The average molecular weight is 263 g/mol. The van der Waals surface area contributed by atoms with E-state index in [0.29, 0.717) is 0 Å².